The van der Waals surface area contributed by atoms with Crippen LogP contribution in [-0.2, 0) is 16.0 Å². The molecular formula is C12H17NO4. The van der Waals surface area contributed by atoms with Crippen LogP contribution in [0.1, 0.15) is 33.8 Å². The number of carbonyl (C=O) groups is 2. The van der Waals surface area contributed by atoms with Crippen LogP contribution in [0.5, 0.6) is 0 Å². The fraction of sp³-hybridized carbons (Fsp3) is 0.500. The van der Waals surface area contributed by atoms with Crippen LogP contribution in [0, 0.1) is 0 Å². The summed E-state index contributed by atoms with van der Waals surface area (Å²) in [5, 5.41) is 0. The zero-order valence-corrected chi connectivity index (χ0v) is 10.1. The second-order valence-electron chi connectivity index (χ2n) is 3.60. The molecule has 0 aliphatic rings. The molecule has 0 aliphatic carbocycles. The van der Waals surface area contributed by atoms with E-state index in [1.807, 2.05) is 0 Å². The number of esters is 1. The SMILES string of the molecule is COCCCCn1c(C=O)ccc1C(=O)OC. The lowest BCUT2D eigenvalue weighted by Gasteiger charge is -2.09. The van der Waals surface area contributed by atoms with Gasteiger partial charge in [-0.05, 0) is 25.0 Å². The minimum Gasteiger partial charge on any atom is -0.464 e. The molecule has 0 N–H and O–H groups in total. The maximum absolute atomic E-state index is 11.5. The summed E-state index contributed by atoms with van der Waals surface area (Å²) < 4.78 is 11.3. The van der Waals surface area contributed by atoms with Crippen molar-refractivity contribution in [1.82, 2.24) is 4.57 Å². The molecule has 0 fully saturated rings. The molecule has 1 aromatic rings. The van der Waals surface area contributed by atoms with E-state index >= 15 is 0 Å². The van der Waals surface area contributed by atoms with Crippen molar-refractivity contribution >= 4 is 12.3 Å². The predicted octanol–water partition coefficient (Wildman–Crippen LogP) is 1.51. The number of rotatable bonds is 7. The predicted molar refractivity (Wildman–Crippen MR) is 62.3 cm³/mol. The van der Waals surface area contributed by atoms with Crippen molar-refractivity contribution in [3.63, 3.8) is 0 Å². The van der Waals surface area contributed by atoms with E-state index in [9.17, 15) is 9.59 Å². The Morgan fingerprint density at radius 1 is 1.35 bits per heavy atom. The van der Waals surface area contributed by atoms with Gasteiger partial charge in [-0.25, -0.2) is 4.79 Å². The number of aromatic nitrogens is 1. The third-order valence-electron chi connectivity index (χ3n) is 2.51. The quantitative estimate of drug-likeness (QED) is 0.411. The van der Waals surface area contributed by atoms with Gasteiger partial charge in [0, 0.05) is 20.3 Å². The van der Waals surface area contributed by atoms with Gasteiger partial charge in [-0.2, -0.15) is 0 Å². The van der Waals surface area contributed by atoms with Crippen LogP contribution >= 0.6 is 0 Å². The normalized spacial score (nSPS) is 10.2. The Morgan fingerprint density at radius 3 is 2.71 bits per heavy atom. The third kappa shape index (κ3) is 3.42. The molecule has 0 aromatic carbocycles. The average molecular weight is 239 g/mol. The lowest BCUT2D eigenvalue weighted by Crippen LogP contribution is -2.13. The fourth-order valence-corrected chi connectivity index (χ4v) is 1.63. The molecule has 0 unspecified atom stereocenters. The molecule has 1 rings (SSSR count). The molecule has 0 atom stereocenters. The summed E-state index contributed by atoms with van der Waals surface area (Å²) in [6, 6.07) is 3.22. The van der Waals surface area contributed by atoms with Crippen molar-refractivity contribution in [3.05, 3.63) is 23.5 Å². The van der Waals surface area contributed by atoms with Crippen LogP contribution in [-0.4, -0.2) is 37.6 Å². The molecule has 0 amide bonds. The molecule has 5 heteroatoms. The largest absolute Gasteiger partial charge is 0.464 e. The Labute approximate surface area is 100 Å². The smallest absolute Gasteiger partial charge is 0.354 e. The first-order valence-electron chi connectivity index (χ1n) is 5.46. The zero-order chi connectivity index (χ0) is 12.7. The first-order chi connectivity index (χ1) is 8.24. The van der Waals surface area contributed by atoms with Crippen molar-refractivity contribution in [3.8, 4) is 0 Å². The minimum absolute atomic E-state index is 0.409. The van der Waals surface area contributed by atoms with E-state index in [0.717, 1.165) is 19.1 Å². The molecule has 94 valence electrons. The second kappa shape index (κ2) is 6.85. The maximum atomic E-state index is 11.5. The van der Waals surface area contributed by atoms with E-state index < -0.39 is 5.97 Å². The van der Waals surface area contributed by atoms with Crippen LogP contribution in [0.2, 0.25) is 0 Å². The average Bonchev–Trinajstić information content (AvgIpc) is 2.76. The number of aldehydes is 1. The van der Waals surface area contributed by atoms with Crippen LogP contribution < -0.4 is 0 Å². The highest BCUT2D eigenvalue weighted by Crippen LogP contribution is 2.11. The van der Waals surface area contributed by atoms with Gasteiger partial charge in [0.2, 0.25) is 0 Å². The van der Waals surface area contributed by atoms with E-state index in [0.29, 0.717) is 24.5 Å². The zero-order valence-electron chi connectivity index (χ0n) is 10.1. The van der Waals surface area contributed by atoms with Crippen molar-refractivity contribution in [2.45, 2.75) is 19.4 Å². The second-order valence-corrected chi connectivity index (χ2v) is 3.60. The van der Waals surface area contributed by atoms with Crippen LogP contribution in [0.4, 0.5) is 0 Å². The number of ether oxygens (including phenoxy) is 2. The number of unbranched alkanes of at least 4 members (excludes halogenated alkanes) is 1. The molecule has 17 heavy (non-hydrogen) atoms. The number of methoxy groups -OCH3 is 2. The molecule has 1 heterocycles. The number of hydrogen-bond acceptors (Lipinski definition) is 4. The standard InChI is InChI=1S/C12H17NO4/c1-16-8-4-3-7-13-10(9-14)5-6-11(13)12(15)17-2/h5-6,9H,3-4,7-8H2,1-2H3. The Balaban J connectivity index is 2.75. The van der Waals surface area contributed by atoms with Gasteiger partial charge in [0.25, 0.3) is 0 Å². The van der Waals surface area contributed by atoms with Gasteiger partial charge >= 0.3 is 5.97 Å². The van der Waals surface area contributed by atoms with Crippen molar-refractivity contribution in [1.29, 1.82) is 0 Å². The molecule has 1 aromatic heterocycles. The highest BCUT2D eigenvalue weighted by molar-refractivity contribution is 5.89. The molecule has 0 aliphatic heterocycles. The first-order valence-corrected chi connectivity index (χ1v) is 5.46. The van der Waals surface area contributed by atoms with Crippen molar-refractivity contribution in [2.24, 2.45) is 0 Å². The van der Waals surface area contributed by atoms with E-state index in [2.05, 4.69) is 4.74 Å². The summed E-state index contributed by atoms with van der Waals surface area (Å²) in [4.78, 5) is 22.3. The lowest BCUT2D eigenvalue weighted by molar-refractivity contribution is 0.0588. The monoisotopic (exact) mass is 239 g/mol. The molecule has 0 radical (unpaired) electrons. The summed E-state index contributed by atoms with van der Waals surface area (Å²) in [6.07, 6.45) is 2.46. The fourth-order valence-electron chi connectivity index (χ4n) is 1.63. The minimum atomic E-state index is -0.426. The lowest BCUT2D eigenvalue weighted by atomic mass is 10.3. The number of carbonyl (C=O) groups excluding carboxylic acids is 2. The summed E-state index contributed by atoms with van der Waals surface area (Å²) in [7, 11) is 2.97. The van der Waals surface area contributed by atoms with Gasteiger partial charge in [-0.3, -0.25) is 4.79 Å². The van der Waals surface area contributed by atoms with Crippen molar-refractivity contribution < 1.29 is 19.1 Å². The van der Waals surface area contributed by atoms with Crippen LogP contribution in [0.25, 0.3) is 0 Å². The molecule has 5 nitrogen and oxygen atoms in total. The molecule has 0 spiro atoms. The van der Waals surface area contributed by atoms with Crippen LogP contribution in [0.15, 0.2) is 12.1 Å². The van der Waals surface area contributed by atoms with Gasteiger partial charge in [-0.15, -0.1) is 0 Å². The molecule has 0 bridgehead atoms. The summed E-state index contributed by atoms with van der Waals surface area (Å²) >= 11 is 0. The molecule has 0 saturated carbocycles. The Kier molecular flexibility index (Phi) is 5.42. The van der Waals surface area contributed by atoms with Crippen molar-refractivity contribution in [2.75, 3.05) is 20.8 Å². The first kappa shape index (κ1) is 13.4. The Bertz CT molecular complexity index is 384. The van der Waals surface area contributed by atoms with Gasteiger partial charge < -0.3 is 14.0 Å². The Hall–Kier alpha value is -1.62. The summed E-state index contributed by atoms with van der Waals surface area (Å²) in [5.41, 5.74) is 0.898. The maximum Gasteiger partial charge on any atom is 0.354 e. The highest BCUT2D eigenvalue weighted by atomic mass is 16.5. The van der Waals surface area contributed by atoms with E-state index in [1.54, 1.807) is 23.8 Å². The van der Waals surface area contributed by atoms with Crippen LogP contribution in [0.3, 0.4) is 0 Å². The topological polar surface area (TPSA) is 57.5 Å². The summed E-state index contributed by atoms with van der Waals surface area (Å²) in [6.45, 7) is 1.28. The van der Waals surface area contributed by atoms with Gasteiger partial charge in [-0.1, -0.05) is 0 Å². The molecule has 0 saturated heterocycles. The third-order valence-corrected chi connectivity index (χ3v) is 2.51. The van der Waals surface area contributed by atoms with Gasteiger partial charge in [0.1, 0.15) is 5.69 Å². The highest BCUT2D eigenvalue weighted by Gasteiger charge is 2.14. The van der Waals surface area contributed by atoms with Gasteiger partial charge in [0.05, 0.1) is 12.8 Å². The van der Waals surface area contributed by atoms with E-state index in [1.165, 1.54) is 7.11 Å². The van der Waals surface area contributed by atoms with E-state index in [-0.39, 0.29) is 0 Å². The number of hydrogen-bond donors (Lipinski definition) is 0. The van der Waals surface area contributed by atoms with E-state index in [4.69, 9.17) is 4.74 Å². The number of nitrogens with zero attached hydrogens (tertiary/aromatic N) is 1. The Morgan fingerprint density at radius 2 is 2.12 bits per heavy atom. The molecular weight excluding hydrogens is 222 g/mol. The summed E-state index contributed by atoms with van der Waals surface area (Å²) in [5.74, 6) is -0.426. The van der Waals surface area contributed by atoms with Gasteiger partial charge in [0.15, 0.2) is 6.29 Å².